The van der Waals surface area contributed by atoms with Crippen molar-refractivity contribution in [2.75, 3.05) is 50.1 Å². The molecule has 11 nitrogen and oxygen atoms in total. The van der Waals surface area contributed by atoms with E-state index < -0.39 is 6.23 Å². The normalized spacial score (nSPS) is 14.1. The minimum atomic E-state index is -0.627. The molecule has 2 N–H and O–H groups in total. The molecule has 4 rings (SSSR count). The van der Waals surface area contributed by atoms with Crippen molar-refractivity contribution in [2.45, 2.75) is 13.2 Å². The maximum atomic E-state index is 12.9. The van der Waals surface area contributed by atoms with Gasteiger partial charge in [-0.15, -0.1) is 0 Å². The molecule has 12 heteroatoms. The molecule has 0 bridgehead atoms. The summed E-state index contributed by atoms with van der Waals surface area (Å²) in [5, 5.41) is 12.3. The predicted octanol–water partition coefficient (Wildman–Crippen LogP) is 2.81. The molecular weight excluding hydrogens is 498 g/mol. The molecule has 0 spiro atoms. The van der Waals surface area contributed by atoms with E-state index in [9.17, 15) is 9.59 Å². The van der Waals surface area contributed by atoms with Crippen LogP contribution in [0.4, 0.5) is 11.5 Å². The highest BCUT2D eigenvalue weighted by Gasteiger charge is 2.23. The van der Waals surface area contributed by atoms with Crippen LogP contribution in [0.1, 0.15) is 24.5 Å². The Labute approximate surface area is 219 Å². The highest BCUT2D eigenvalue weighted by Crippen LogP contribution is 2.30. The van der Waals surface area contributed by atoms with E-state index in [2.05, 4.69) is 20.2 Å². The van der Waals surface area contributed by atoms with Gasteiger partial charge in [0.1, 0.15) is 17.3 Å². The number of piperazine rings is 1. The Morgan fingerprint density at radius 2 is 2.00 bits per heavy atom. The van der Waals surface area contributed by atoms with Gasteiger partial charge in [-0.25, -0.2) is 9.97 Å². The van der Waals surface area contributed by atoms with Crippen molar-refractivity contribution < 1.29 is 19.1 Å². The van der Waals surface area contributed by atoms with Crippen molar-refractivity contribution in [3.63, 3.8) is 0 Å². The van der Waals surface area contributed by atoms with E-state index in [1.807, 2.05) is 18.2 Å². The van der Waals surface area contributed by atoms with Crippen LogP contribution in [0.25, 0.3) is 0 Å². The van der Waals surface area contributed by atoms with Gasteiger partial charge in [-0.05, 0) is 31.2 Å². The number of nitrogens with zero attached hydrogens (tertiary/aromatic N) is 5. The number of hydrogen-bond donors (Lipinski definition) is 2. The van der Waals surface area contributed by atoms with Crippen LogP contribution in [-0.2, 0) is 14.3 Å². The zero-order valence-corrected chi connectivity index (χ0v) is 21.3. The Hall–Kier alpha value is -4.12. The van der Waals surface area contributed by atoms with Crippen LogP contribution in [0.15, 0.2) is 48.9 Å². The molecule has 0 aliphatic carbocycles. The summed E-state index contributed by atoms with van der Waals surface area (Å²) in [6.45, 7) is 4.57. The molecule has 0 saturated carbocycles. The van der Waals surface area contributed by atoms with E-state index >= 15 is 0 Å². The summed E-state index contributed by atoms with van der Waals surface area (Å²) in [6, 6.07) is 9.09. The fourth-order valence-electron chi connectivity index (χ4n) is 4.14. The Bertz CT molecular complexity index is 1270. The van der Waals surface area contributed by atoms with E-state index in [4.69, 9.17) is 26.5 Å². The van der Waals surface area contributed by atoms with E-state index in [1.165, 1.54) is 6.20 Å². The van der Waals surface area contributed by atoms with Gasteiger partial charge in [-0.1, -0.05) is 11.6 Å². The molecule has 1 aliphatic heterocycles. The standard InChI is InChI=1S/C25H28ClN7O4/c1-17(37-16-34)33-9-8-29-25(33)23(27)19-4-3-7-28-24(19)30-15-22(35)32-12-10-31(11-13-32)18-5-6-20(26)21(14-18)36-2/h3-9,14,16-17,27H,10-13,15H2,1-2H3,(H,28,30). The quantitative estimate of drug-likeness (QED) is 0.306. The second-order valence-corrected chi connectivity index (χ2v) is 8.71. The lowest BCUT2D eigenvalue weighted by Crippen LogP contribution is -2.50. The third-order valence-corrected chi connectivity index (χ3v) is 6.47. The fraction of sp³-hybridized carbons (Fsp3) is 0.320. The Morgan fingerprint density at radius 3 is 2.73 bits per heavy atom. The summed E-state index contributed by atoms with van der Waals surface area (Å²) in [6.07, 6.45) is 4.12. The maximum absolute atomic E-state index is 12.9. The first kappa shape index (κ1) is 26.0. The Morgan fingerprint density at radius 1 is 1.22 bits per heavy atom. The van der Waals surface area contributed by atoms with E-state index in [-0.39, 0.29) is 18.2 Å². The van der Waals surface area contributed by atoms with Gasteiger partial charge in [0.25, 0.3) is 6.47 Å². The summed E-state index contributed by atoms with van der Waals surface area (Å²) >= 11 is 6.13. The van der Waals surface area contributed by atoms with Crippen LogP contribution < -0.4 is 15.0 Å². The second-order valence-electron chi connectivity index (χ2n) is 8.30. The van der Waals surface area contributed by atoms with Gasteiger partial charge in [0, 0.05) is 62.1 Å². The van der Waals surface area contributed by atoms with Gasteiger partial charge in [-0.2, -0.15) is 0 Å². The maximum Gasteiger partial charge on any atom is 0.295 e. The number of pyridine rings is 1. The van der Waals surface area contributed by atoms with Crippen molar-refractivity contribution in [3.05, 3.63) is 65.3 Å². The number of aromatic nitrogens is 3. The first-order valence-corrected chi connectivity index (χ1v) is 12.1. The summed E-state index contributed by atoms with van der Waals surface area (Å²) in [7, 11) is 1.58. The molecule has 1 aromatic carbocycles. The number of hydrogen-bond acceptors (Lipinski definition) is 9. The molecule has 1 saturated heterocycles. The SMILES string of the molecule is COc1cc(N2CCN(C(=O)CNc3ncccc3C(=N)c3nccn3C(C)OC=O)CC2)ccc1Cl. The molecular formula is C25H28ClN7O4. The lowest BCUT2D eigenvalue weighted by Gasteiger charge is -2.36. The van der Waals surface area contributed by atoms with Crippen molar-refractivity contribution in [3.8, 4) is 5.75 Å². The van der Waals surface area contributed by atoms with Gasteiger partial charge in [0.05, 0.1) is 18.7 Å². The fourth-order valence-corrected chi connectivity index (χ4v) is 4.34. The average molecular weight is 526 g/mol. The zero-order chi connectivity index (χ0) is 26.4. The molecule has 3 heterocycles. The van der Waals surface area contributed by atoms with Crippen LogP contribution in [0, 0.1) is 5.41 Å². The van der Waals surface area contributed by atoms with Gasteiger partial charge in [0.15, 0.2) is 12.1 Å². The molecule has 1 aliphatic rings. The summed E-state index contributed by atoms with van der Waals surface area (Å²) in [5.74, 6) is 1.26. The van der Waals surface area contributed by atoms with Gasteiger partial charge in [0.2, 0.25) is 5.91 Å². The molecule has 1 atom stereocenters. The first-order chi connectivity index (χ1) is 17.9. The predicted molar refractivity (Wildman–Crippen MR) is 140 cm³/mol. The van der Waals surface area contributed by atoms with Crippen LogP contribution in [0.5, 0.6) is 5.75 Å². The van der Waals surface area contributed by atoms with Crippen molar-refractivity contribution in [1.82, 2.24) is 19.4 Å². The molecule has 0 radical (unpaired) electrons. The minimum absolute atomic E-state index is 0.0329. The van der Waals surface area contributed by atoms with Crippen LogP contribution >= 0.6 is 11.6 Å². The number of benzene rings is 1. The smallest absolute Gasteiger partial charge is 0.295 e. The number of carbonyl (C=O) groups is 2. The topological polar surface area (TPSA) is 126 Å². The van der Waals surface area contributed by atoms with E-state index in [1.54, 1.807) is 48.0 Å². The largest absolute Gasteiger partial charge is 0.495 e. The molecule has 1 amide bonds. The molecule has 3 aromatic rings. The number of ether oxygens (including phenoxy) is 2. The molecule has 37 heavy (non-hydrogen) atoms. The van der Waals surface area contributed by atoms with E-state index in [0.29, 0.717) is 60.6 Å². The summed E-state index contributed by atoms with van der Waals surface area (Å²) < 4.78 is 11.9. The number of methoxy groups -OCH3 is 1. The average Bonchev–Trinajstić information content (AvgIpc) is 3.42. The van der Waals surface area contributed by atoms with Crippen molar-refractivity contribution >= 4 is 41.2 Å². The van der Waals surface area contributed by atoms with Gasteiger partial charge in [-0.3, -0.25) is 19.6 Å². The third kappa shape index (κ3) is 5.83. The third-order valence-electron chi connectivity index (χ3n) is 6.15. The number of nitrogens with one attached hydrogen (secondary N) is 2. The van der Waals surface area contributed by atoms with Crippen LogP contribution in [0.2, 0.25) is 5.02 Å². The van der Waals surface area contributed by atoms with Gasteiger partial charge >= 0.3 is 0 Å². The minimum Gasteiger partial charge on any atom is -0.495 e. The zero-order valence-electron chi connectivity index (χ0n) is 20.6. The van der Waals surface area contributed by atoms with Crippen LogP contribution in [-0.4, -0.2) is 77.4 Å². The number of rotatable bonds is 10. The Kier molecular flexibility index (Phi) is 8.24. The monoisotopic (exact) mass is 525 g/mol. The molecule has 1 fully saturated rings. The number of amides is 1. The van der Waals surface area contributed by atoms with Gasteiger partial charge < -0.3 is 24.6 Å². The number of anilines is 2. The highest BCUT2D eigenvalue weighted by atomic mass is 35.5. The second kappa shape index (κ2) is 11.7. The van der Waals surface area contributed by atoms with Crippen LogP contribution in [0.3, 0.4) is 0 Å². The van der Waals surface area contributed by atoms with Crippen molar-refractivity contribution in [2.24, 2.45) is 0 Å². The lowest BCUT2D eigenvalue weighted by atomic mass is 10.1. The van der Waals surface area contributed by atoms with Crippen molar-refractivity contribution in [1.29, 1.82) is 5.41 Å². The Balaban J connectivity index is 1.37. The number of carbonyl (C=O) groups excluding carboxylic acids is 2. The molecule has 2 aromatic heterocycles. The number of imidazole rings is 1. The summed E-state index contributed by atoms with van der Waals surface area (Å²) in [4.78, 5) is 36.3. The lowest BCUT2D eigenvalue weighted by molar-refractivity contribution is -0.136. The first-order valence-electron chi connectivity index (χ1n) is 11.7. The molecule has 1 unspecified atom stereocenters. The number of halogens is 1. The van der Waals surface area contributed by atoms with E-state index in [0.717, 1.165) is 5.69 Å². The molecule has 194 valence electrons. The highest BCUT2D eigenvalue weighted by molar-refractivity contribution is 6.32. The summed E-state index contributed by atoms with van der Waals surface area (Å²) in [5.41, 5.74) is 1.55.